The maximum atomic E-state index is 13.7. The number of halogens is 2. The summed E-state index contributed by atoms with van der Waals surface area (Å²) in [5.74, 6) is -0.970. The predicted octanol–water partition coefficient (Wildman–Crippen LogP) is 2.47. The average Bonchev–Trinajstić information content (AvgIpc) is 2.73. The molecule has 10 heteroatoms. The molecule has 0 spiro atoms. The largest absolute Gasteiger partial charge is 0.336 e. The SMILES string of the molecule is O=C(c1cc(=O)[nH]c2ccc(F)cc12)N1CCN(S(=O)(=O)c2ccc(Cl)cc2)CC1. The zero-order valence-corrected chi connectivity index (χ0v) is 17.2. The summed E-state index contributed by atoms with van der Waals surface area (Å²) in [5.41, 5.74) is -0.0279. The van der Waals surface area contributed by atoms with Gasteiger partial charge >= 0.3 is 0 Å². The van der Waals surface area contributed by atoms with Crippen molar-refractivity contribution in [3.63, 3.8) is 0 Å². The highest BCUT2D eigenvalue weighted by molar-refractivity contribution is 7.89. The Labute approximate surface area is 176 Å². The minimum Gasteiger partial charge on any atom is -0.336 e. The molecule has 0 saturated carbocycles. The van der Waals surface area contributed by atoms with E-state index < -0.39 is 27.3 Å². The first kappa shape index (κ1) is 20.5. The molecule has 1 saturated heterocycles. The molecule has 1 N–H and O–H groups in total. The van der Waals surface area contributed by atoms with E-state index in [0.29, 0.717) is 15.9 Å². The van der Waals surface area contributed by atoms with Gasteiger partial charge in [-0.2, -0.15) is 4.31 Å². The molecule has 0 aliphatic carbocycles. The molecule has 0 unspecified atom stereocenters. The fourth-order valence-corrected chi connectivity index (χ4v) is 5.01. The van der Waals surface area contributed by atoms with Crippen molar-refractivity contribution in [1.29, 1.82) is 0 Å². The number of sulfonamides is 1. The van der Waals surface area contributed by atoms with Crippen LogP contribution in [0.1, 0.15) is 10.4 Å². The number of hydrogen-bond acceptors (Lipinski definition) is 4. The van der Waals surface area contributed by atoms with Crippen LogP contribution in [0.15, 0.2) is 58.2 Å². The van der Waals surface area contributed by atoms with Crippen molar-refractivity contribution in [2.75, 3.05) is 26.2 Å². The van der Waals surface area contributed by atoms with Crippen LogP contribution in [0.4, 0.5) is 4.39 Å². The molecule has 2 aromatic carbocycles. The Morgan fingerprint density at radius 3 is 2.33 bits per heavy atom. The highest BCUT2D eigenvalue weighted by Gasteiger charge is 2.31. The first-order chi connectivity index (χ1) is 14.3. The lowest BCUT2D eigenvalue weighted by Gasteiger charge is -2.34. The molecule has 3 aromatic rings. The number of rotatable bonds is 3. The monoisotopic (exact) mass is 449 g/mol. The summed E-state index contributed by atoms with van der Waals surface area (Å²) >= 11 is 5.82. The number of aromatic amines is 1. The van der Waals surface area contributed by atoms with Crippen molar-refractivity contribution >= 4 is 38.4 Å². The summed E-state index contributed by atoms with van der Waals surface area (Å²) in [7, 11) is -3.71. The molecule has 1 aliphatic heterocycles. The highest BCUT2D eigenvalue weighted by Crippen LogP contribution is 2.22. The summed E-state index contributed by atoms with van der Waals surface area (Å²) in [6, 6.07) is 10.8. The molecule has 1 amide bonds. The third-order valence-corrected chi connectivity index (χ3v) is 7.18. The first-order valence-corrected chi connectivity index (χ1v) is 10.9. The van der Waals surface area contributed by atoms with E-state index in [1.165, 1.54) is 51.7 Å². The minimum atomic E-state index is -3.71. The van der Waals surface area contributed by atoms with E-state index in [9.17, 15) is 22.4 Å². The van der Waals surface area contributed by atoms with Crippen molar-refractivity contribution in [3.05, 3.63) is 75.3 Å². The van der Waals surface area contributed by atoms with Crippen LogP contribution >= 0.6 is 11.6 Å². The van der Waals surface area contributed by atoms with Crippen molar-refractivity contribution in [3.8, 4) is 0 Å². The summed E-state index contributed by atoms with van der Waals surface area (Å²) in [4.78, 5) is 29.1. The number of carbonyl (C=O) groups excluding carboxylic acids is 1. The summed E-state index contributed by atoms with van der Waals surface area (Å²) in [5, 5.41) is 0.738. The third kappa shape index (κ3) is 3.83. The Hall–Kier alpha value is -2.75. The maximum Gasteiger partial charge on any atom is 0.254 e. The second-order valence-corrected chi connectivity index (χ2v) is 9.26. The normalized spacial score (nSPS) is 15.5. The maximum absolute atomic E-state index is 13.7. The van der Waals surface area contributed by atoms with E-state index in [0.717, 1.165) is 6.07 Å². The van der Waals surface area contributed by atoms with E-state index in [4.69, 9.17) is 11.6 Å². The van der Waals surface area contributed by atoms with Gasteiger partial charge in [0.25, 0.3) is 5.91 Å². The highest BCUT2D eigenvalue weighted by atomic mass is 35.5. The smallest absolute Gasteiger partial charge is 0.254 e. The van der Waals surface area contributed by atoms with E-state index >= 15 is 0 Å². The van der Waals surface area contributed by atoms with E-state index in [1.807, 2.05) is 0 Å². The molecular weight excluding hydrogens is 433 g/mol. The molecule has 156 valence electrons. The molecule has 0 atom stereocenters. The molecule has 1 fully saturated rings. The van der Waals surface area contributed by atoms with E-state index in [1.54, 1.807) is 0 Å². The van der Waals surface area contributed by atoms with Gasteiger partial charge in [0.2, 0.25) is 15.6 Å². The van der Waals surface area contributed by atoms with Gasteiger partial charge in [0.1, 0.15) is 5.82 Å². The molecule has 0 radical (unpaired) electrons. The van der Waals surface area contributed by atoms with Crippen LogP contribution in [0.3, 0.4) is 0 Å². The van der Waals surface area contributed by atoms with Crippen LogP contribution in [0.5, 0.6) is 0 Å². The summed E-state index contributed by atoms with van der Waals surface area (Å²) in [6.07, 6.45) is 0. The number of aromatic nitrogens is 1. The minimum absolute atomic E-state index is 0.0854. The molecule has 1 aliphatic rings. The van der Waals surface area contributed by atoms with Gasteiger partial charge in [-0.1, -0.05) is 11.6 Å². The fourth-order valence-electron chi connectivity index (χ4n) is 3.46. The summed E-state index contributed by atoms with van der Waals surface area (Å²) < 4.78 is 40.6. The Morgan fingerprint density at radius 1 is 1.00 bits per heavy atom. The van der Waals surface area contributed by atoms with Crippen LogP contribution in [0.2, 0.25) is 5.02 Å². The van der Waals surface area contributed by atoms with Gasteiger partial charge < -0.3 is 9.88 Å². The molecular formula is C20H17ClFN3O4S. The number of nitrogens with zero attached hydrogens (tertiary/aromatic N) is 2. The van der Waals surface area contributed by atoms with Crippen LogP contribution in [-0.2, 0) is 10.0 Å². The average molecular weight is 450 g/mol. The predicted molar refractivity (Wildman–Crippen MR) is 111 cm³/mol. The van der Waals surface area contributed by atoms with Crippen molar-refractivity contribution in [2.24, 2.45) is 0 Å². The molecule has 7 nitrogen and oxygen atoms in total. The number of fused-ring (bicyclic) bond motifs is 1. The molecule has 2 heterocycles. The van der Waals surface area contributed by atoms with Crippen LogP contribution < -0.4 is 5.56 Å². The number of hydrogen-bond donors (Lipinski definition) is 1. The number of H-pyrrole nitrogens is 1. The standard InChI is InChI=1S/C20H17ClFN3O4S/c21-13-1-4-15(5-2-13)30(28,29)25-9-7-24(8-10-25)20(27)17-12-19(26)23-18-6-3-14(22)11-16(17)18/h1-6,11-12H,7-10H2,(H,23,26). The van der Waals surface area contributed by atoms with Gasteiger partial charge in [-0.05, 0) is 42.5 Å². The van der Waals surface area contributed by atoms with Crippen LogP contribution in [0, 0.1) is 5.82 Å². The molecule has 0 bridgehead atoms. The lowest BCUT2D eigenvalue weighted by Crippen LogP contribution is -2.50. The van der Waals surface area contributed by atoms with Crippen molar-refractivity contribution < 1.29 is 17.6 Å². The molecule has 4 rings (SSSR count). The Balaban J connectivity index is 1.55. The van der Waals surface area contributed by atoms with E-state index in [2.05, 4.69) is 4.98 Å². The van der Waals surface area contributed by atoms with Gasteiger partial charge in [0.15, 0.2) is 0 Å². The number of carbonyl (C=O) groups is 1. The topological polar surface area (TPSA) is 90.6 Å². The van der Waals surface area contributed by atoms with Crippen LogP contribution in [0.25, 0.3) is 10.9 Å². The molecule has 1 aromatic heterocycles. The number of benzene rings is 2. The zero-order valence-electron chi connectivity index (χ0n) is 15.6. The number of amides is 1. The molecule has 30 heavy (non-hydrogen) atoms. The Morgan fingerprint density at radius 2 is 1.67 bits per heavy atom. The Kier molecular flexibility index (Phi) is 5.35. The lowest BCUT2D eigenvalue weighted by molar-refractivity contribution is 0.0699. The van der Waals surface area contributed by atoms with E-state index in [-0.39, 0.29) is 36.6 Å². The second-order valence-electron chi connectivity index (χ2n) is 6.89. The lowest BCUT2D eigenvalue weighted by atomic mass is 10.1. The van der Waals surface area contributed by atoms with Gasteiger partial charge in [0.05, 0.1) is 10.5 Å². The third-order valence-electron chi connectivity index (χ3n) is 5.01. The zero-order chi connectivity index (χ0) is 21.5. The van der Waals surface area contributed by atoms with Gasteiger partial charge in [-0.25, -0.2) is 12.8 Å². The number of piperazine rings is 1. The van der Waals surface area contributed by atoms with Crippen molar-refractivity contribution in [1.82, 2.24) is 14.2 Å². The fraction of sp³-hybridized carbons (Fsp3) is 0.200. The number of nitrogens with one attached hydrogen (secondary N) is 1. The first-order valence-electron chi connectivity index (χ1n) is 9.13. The Bertz CT molecular complexity index is 1280. The van der Waals surface area contributed by atoms with Crippen molar-refractivity contribution in [2.45, 2.75) is 4.90 Å². The van der Waals surface area contributed by atoms with Gasteiger partial charge in [-0.3, -0.25) is 9.59 Å². The van der Waals surface area contributed by atoms with Gasteiger partial charge in [-0.15, -0.1) is 0 Å². The quantitative estimate of drug-likeness (QED) is 0.665. The van der Waals surface area contributed by atoms with Gasteiger partial charge in [0, 0.05) is 48.2 Å². The second kappa shape index (κ2) is 7.82. The number of pyridine rings is 1. The van der Waals surface area contributed by atoms with Crippen LogP contribution in [-0.4, -0.2) is 54.7 Å². The summed E-state index contributed by atoms with van der Waals surface area (Å²) in [6.45, 7) is 0.503.